The number of anilines is 1. The minimum Gasteiger partial charge on any atom is -0.342 e. The van der Waals surface area contributed by atoms with Gasteiger partial charge in [0.05, 0.1) is 6.42 Å². The minimum absolute atomic E-state index is 0.000785. The average molecular weight is 421 g/mol. The molecule has 6 heteroatoms. The van der Waals surface area contributed by atoms with Crippen molar-refractivity contribution >= 4 is 17.6 Å². The maximum atomic E-state index is 12.7. The predicted octanol–water partition coefficient (Wildman–Crippen LogP) is 3.67. The van der Waals surface area contributed by atoms with E-state index in [2.05, 4.69) is 12.1 Å². The largest absolute Gasteiger partial charge is 0.342 e. The van der Waals surface area contributed by atoms with Gasteiger partial charge in [-0.15, -0.1) is 0 Å². The Morgan fingerprint density at radius 2 is 1.97 bits per heavy atom. The van der Waals surface area contributed by atoms with Gasteiger partial charge in [0.1, 0.15) is 11.6 Å². The zero-order valence-electron chi connectivity index (χ0n) is 18.8. The first-order valence-electron chi connectivity index (χ1n) is 11.4. The van der Waals surface area contributed by atoms with Crippen molar-refractivity contribution in [1.29, 1.82) is 0 Å². The molecule has 2 aliphatic heterocycles. The summed E-state index contributed by atoms with van der Waals surface area (Å²) in [5.74, 6) is 1.99. The average Bonchev–Trinajstić information content (AvgIpc) is 3.10. The van der Waals surface area contributed by atoms with E-state index in [9.17, 15) is 9.59 Å². The van der Waals surface area contributed by atoms with Crippen LogP contribution < -0.4 is 4.90 Å². The molecule has 0 unspecified atom stereocenters. The van der Waals surface area contributed by atoms with Crippen molar-refractivity contribution in [1.82, 2.24) is 14.9 Å². The molecule has 1 fully saturated rings. The van der Waals surface area contributed by atoms with Gasteiger partial charge >= 0.3 is 0 Å². The van der Waals surface area contributed by atoms with Crippen LogP contribution in [0.5, 0.6) is 0 Å². The number of aryl methyl sites for hydroxylation is 2. The van der Waals surface area contributed by atoms with Crippen molar-refractivity contribution in [2.75, 3.05) is 24.5 Å². The van der Waals surface area contributed by atoms with Gasteiger partial charge in [0, 0.05) is 42.7 Å². The van der Waals surface area contributed by atoms with Gasteiger partial charge < -0.3 is 4.90 Å². The molecule has 1 aromatic heterocycles. The standard InChI is InChI=1S/C25H32N4O2/c1-17(2)25(31)28-13-8-12-20(16-28)23-26-18(3)21-15-22(30)29(24(21)27-23)14-7-11-19-9-5-4-6-10-19/h4-6,9-10,17,20H,7-8,11-16H2,1-3H3/t20-/m0/s1. The molecule has 0 radical (unpaired) electrons. The van der Waals surface area contributed by atoms with E-state index in [0.29, 0.717) is 19.5 Å². The summed E-state index contributed by atoms with van der Waals surface area (Å²) in [6, 6.07) is 10.4. The van der Waals surface area contributed by atoms with Gasteiger partial charge in [-0.1, -0.05) is 44.2 Å². The number of amides is 2. The molecular formula is C25H32N4O2. The predicted molar refractivity (Wildman–Crippen MR) is 121 cm³/mol. The van der Waals surface area contributed by atoms with Crippen LogP contribution in [0, 0.1) is 12.8 Å². The molecule has 164 valence electrons. The molecule has 0 N–H and O–H groups in total. The fourth-order valence-electron chi connectivity index (χ4n) is 4.65. The molecule has 3 heterocycles. The molecule has 0 bridgehead atoms. The molecule has 2 aliphatic rings. The summed E-state index contributed by atoms with van der Waals surface area (Å²) >= 11 is 0. The van der Waals surface area contributed by atoms with Crippen molar-refractivity contribution in [3.8, 4) is 0 Å². The van der Waals surface area contributed by atoms with Crippen molar-refractivity contribution in [3.05, 3.63) is 53.0 Å². The van der Waals surface area contributed by atoms with Crippen molar-refractivity contribution in [2.45, 2.75) is 58.8 Å². The van der Waals surface area contributed by atoms with E-state index in [0.717, 1.165) is 55.1 Å². The van der Waals surface area contributed by atoms with Crippen LogP contribution in [0.2, 0.25) is 0 Å². The highest BCUT2D eigenvalue weighted by atomic mass is 16.2. The Labute approximate surface area is 184 Å². The summed E-state index contributed by atoms with van der Waals surface area (Å²) in [6.45, 7) is 8.00. The van der Waals surface area contributed by atoms with E-state index in [-0.39, 0.29) is 23.7 Å². The van der Waals surface area contributed by atoms with Crippen LogP contribution in [0.3, 0.4) is 0 Å². The van der Waals surface area contributed by atoms with E-state index in [1.54, 1.807) is 0 Å². The molecule has 4 rings (SSSR count). The first kappa shape index (κ1) is 21.5. The molecule has 0 aliphatic carbocycles. The smallest absolute Gasteiger partial charge is 0.232 e. The van der Waals surface area contributed by atoms with Crippen LogP contribution in [0.4, 0.5) is 5.82 Å². The Balaban J connectivity index is 1.50. The maximum Gasteiger partial charge on any atom is 0.232 e. The molecule has 1 saturated heterocycles. The Kier molecular flexibility index (Phi) is 6.35. The fourth-order valence-corrected chi connectivity index (χ4v) is 4.65. The lowest BCUT2D eigenvalue weighted by Gasteiger charge is -2.33. The van der Waals surface area contributed by atoms with Crippen molar-refractivity contribution in [2.24, 2.45) is 5.92 Å². The van der Waals surface area contributed by atoms with Gasteiger partial charge in [-0.3, -0.25) is 14.5 Å². The Bertz CT molecular complexity index is 957. The summed E-state index contributed by atoms with van der Waals surface area (Å²) in [5, 5.41) is 0. The Morgan fingerprint density at radius 3 is 2.71 bits per heavy atom. The number of carbonyl (C=O) groups excluding carboxylic acids is 2. The third-order valence-corrected chi connectivity index (χ3v) is 6.38. The molecular weight excluding hydrogens is 388 g/mol. The second-order valence-electron chi connectivity index (χ2n) is 9.06. The second-order valence-corrected chi connectivity index (χ2v) is 9.06. The van der Waals surface area contributed by atoms with Gasteiger partial charge in [-0.2, -0.15) is 0 Å². The molecule has 1 aromatic carbocycles. The maximum absolute atomic E-state index is 12.7. The molecule has 2 aromatic rings. The molecule has 0 spiro atoms. The van der Waals surface area contributed by atoms with Gasteiger partial charge in [-0.25, -0.2) is 9.97 Å². The zero-order chi connectivity index (χ0) is 22.0. The molecule has 1 atom stereocenters. The number of hydrogen-bond donors (Lipinski definition) is 0. The summed E-state index contributed by atoms with van der Waals surface area (Å²) in [4.78, 5) is 38.7. The van der Waals surface area contributed by atoms with E-state index in [1.165, 1.54) is 5.56 Å². The topological polar surface area (TPSA) is 66.4 Å². The number of piperidine rings is 1. The number of likely N-dealkylation sites (tertiary alicyclic amines) is 1. The molecule has 0 saturated carbocycles. The van der Waals surface area contributed by atoms with Crippen LogP contribution in [0.1, 0.15) is 61.7 Å². The Hall–Kier alpha value is -2.76. The summed E-state index contributed by atoms with van der Waals surface area (Å²) in [6.07, 6.45) is 4.15. The van der Waals surface area contributed by atoms with Crippen LogP contribution in [-0.4, -0.2) is 46.3 Å². The van der Waals surface area contributed by atoms with Crippen molar-refractivity contribution in [3.63, 3.8) is 0 Å². The number of fused-ring (bicyclic) bond motifs is 1. The normalized spacial score (nSPS) is 18.6. The van der Waals surface area contributed by atoms with Crippen LogP contribution in [0.15, 0.2) is 30.3 Å². The fraction of sp³-hybridized carbons (Fsp3) is 0.520. The van der Waals surface area contributed by atoms with Gasteiger partial charge in [-0.05, 0) is 38.2 Å². The molecule has 2 amide bonds. The monoisotopic (exact) mass is 420 g/mol. The molecule has 6 nitrogen and oxygen atoms in total. The van der Waals surface area contributed by atoms with E-state index >= 15 is 0 Å². The highest BCUT2D eigenvalue weighted by Gasteiger charge is 2.33. The number of benzene rings is 1. The quantitative estimate of drug-likeness (QED) is 0.715. The first-order valence-corrected chi connectivity index (χ1v) is 11.4. The van der Waals surface area contributed by atoms with Gasteiger partial charge in [0.25, 0.3) is 0 Å². The second kappa shape index (κ2) is 9.16. The van der Waals surface area contributed by atoms with Crippen LogP contribution in [0.25, 0.3) is 0 Å². The number of aromatic nitrogens is 2. The lowest BCUT2D eigenvalue weighted by atomic mass is 9.95. The summed E-state index contributed by atoms with van der Waals surface area (Å²) in [7, 11) is 0. The summed E-state index contributed by atoms with van der Waals surface area (Å²) < 4.78 is 0. The summed E-state index contributed by atoms with van der Waals surface area (Å²) in [5.41, 5.74) is 3.14. The number of carbonyl (C=O) groups is 2. The van der Waals surface area contributed by atoms with Crippen LogP contribution >= 0.6 is 0 Å². The number of hydrogen-bond acceptors (Lipinski definition) is 4. The third-order valence-electron chi connectivity index (χ3n) is 6.38. The van der Waals surface area contributed by atoms with Gasteiger partial charge in [0.2, 0.25) is 11.8 Å². The lowest BCUT2D eigenvalue weighted by molar-refractivity contribution is -0.135. The van der Waals surface area contributed by atoms with E-state index in [4.69, 9.17) is 9.97 Å². The lowest BCUT2D eigenvalue weighted by Crippen LogP contribution is -2.41. The first-order chi connectivity index (χ1) is 14.9. The van der Waals surface area contributed by atoms with E-state index < -0.39 is 0 Å². The number of nitrogens with zero attached hydrogens (tertiary/aromatic N) is 4. The Morgan fingerprint density at radius 1 is 1.19 bits per heavy atom. The highest BCUT2D eigenvalue weighted by molar-refractivity contribution is 6.00. The number of rotatable bonds is 6. The van der Waals surface area contributed by atoms with Crippen LogP contribution in [-0.2, 0) is 22.4 Å². The minimum atomic E-state index is -0.000785. The third kappa shape index (κ3) is 4.63. The zero-order valence-corrected chi connectivity index (χ0v) is 18.8. The van der Waals surface area contributed by atoms with Gasteiger partial charge in [0.15, 0.2) is 0 Å². The van der Waals surface area contributed by atoms with Crippen molar-refractivity contribution < 1.29 is 9.59 Å². The highest BCUT2D eigenvalue weighted by Crippen LogP contribution is 2.33. The molecule has 31 heavy (non-hydrogen) atoms. The SMILES string of the molecule is Cc1nc([C@H]2CCCN(C(=O)C(C)C)C2)nc2c1CC(=O)N2CCCc1ccccc1. The van der Waals surface area contributed by atoms with E-state index in [1.807, 2.05) is 48.8 Å².